The monoisotopic (exact) mass is 456 g/mol. The van der Waals surface area contributed by atoms with Gasteiger partial charge in [-0.3, -0.25) is 14.2 Å². The maximum atomic E-state index is 13.4. The molecular weight excluding hydrogens is 438 g/mol. The van der Waals surface area contributed by atoms with E-state index in [1.807, 2.05) is 0 Å². The summed E-state index contributed by atoms with van der Waals surface area (Å²) in [7, 11) is 2.96. The van der Waals surface area contributed by atoms with E-state index in [2.05, 4.69) is 20.6 Å². The highest BCUT2D eigenvalue weighted by atomic mass is 19.1. The molecule has 170 valence electrons. The van der Waals surface area contributed by atoms with Gasteiger partial charge in [0.25, 0.3) is 5.56 Å². The SMILES string of the molecule is COc1ccc(NC(=O)Cn2cnc3c(nnn3Cc3cc(F)cc(F)c3)c2=O)c(OC)c1. The molecule has 2 aromatic heterocycles. The van der Waals surface area contributed by atoms with Gasteiger partial charge < -0.3 is 14.8 Å². The summed E-state index contributed by atoms with van der Waals surface area (Å²) in [4.78, 5) is 29.4. The molecule has 1 N–H and O–H groups in total. The quantitative estimate of drug-likeness (QED) is 0.452. The Morgan fingerprint density at radius 3 is 2.55 bits per heavy atom. The standard InChI is InChI=1S/C21H18F2N6O4/c1-32-15-3-4-16(17(8-15)33-2)25-18(30)10-28-11-24-20-19(21(28)31)26-27-29(20)9-12-5-13(22)7-14(23)6-12/h3-8,11H,9-10H2,1-2H3,(H,25,30). The summed E-state index contributed by atoms with van der Waals surface area (Å²) >= 11 is 0. The molecule has 0 fully saturated rings. The van der Waals surface area contributed by atoms with Crippen LogP contribution >= 0.6 is 0 Å². The zero-order valence-electron chi connectivity index (χ0n) is 17.6. The molecule has 0 spiro atoms. The lowest BCUT2D eigenvalue weighted by Gasteiger charge is -2.12. The topological polar surface area (TPSA) is 113 Å². The van der Waals surface area contributed by atoms with Gasteiger partial charge in [0, 0.05) is 12.1 Å². The van der Waals surface area contributed by atoms with Crippen LogP contribution < -0.4 is 20.3 Å². The Labute approximate surface area is 185 Å². The molecule has 10 nitrogen and oxygen atoms in total. The highest BCUT2D eigenvalue weighted by molar-refractivity contribution is 5.92. The number of nitrogens with one attached hydrogen (secondary N) is 1. The number of ether oxygens (including phenoxy) is 2. The lowest BCUT2D eigenvalue weighted by molar-refractivity contribution is -0.116. The van der Waals surface area contributed by atoms with Crippen LogP contribution in [0.4, 0.5) is 14.5 Å². The molecule has 0 radical (unpaired) electrons. The van der Waals surface area contributed by atoms with E-state index in [1.54, 1.807) is 18.2 Å². The molecule has 0 atom stereocenters. The summed E-state index contributed by atoms with van der Waals surface area (Å²) in [6.45, 7) is -0.377. The lowest BCUT2D eigenvalue weighted by Crippen LogP contribution is -2.28. The molecule has 1 amide bonds. The highest BCUT2D eigenvalue weighted by Gasteiger charge is 2.16. The van der Waals surface area contributed by atoms with Crippen molar-refractivity contribution >= 4 is 22.8 Å². The van der Waals surface area contributed by atoms with Crippen molar-refractivity contribution in [1.82, 2.24) is 24.5 Å². The Balaban J connectivity index is 1.54. The van der Waals surface area contributed by atoms with Crippen molar-refractivity contribution in [2.45, 2.75) is 13.1 Å². The Kier molecular flexibility index (Phi) is 5.98. The Morgan fingerprint density at radius 1 is 1.09 bits per heavy atom. The summed E-state index contributed by atoms with van der Waals surface area (Å²) in [5.41, 5.74) is 0.146. The molecule has 4 aromatic rings. The average molecular weight is 456 g/mol. The van der Waals surface area contributed by atoms with Crippen molar-refractivity contribution in [3.05, 3.63) is 70.3 Å². The van der Waals surface area contributed by atoms with Crippen LogP contribution in [0.3, 0.4) is 0 Å². The van der Waals surface area contributed by atoms with Crippen LogP contribution in [-0.2, 0) is 17.9 Å². The normalized spacial score (nSPS) is 10.9. The minimum absolute atomic E-state index is 0.0423. The van der Waals surface area contributed by atoms with Crippen LogP contribution in [-0.4, -0.2) is 44.7 Å². The van der Waals surface area contributed by atoms with Crippen molar-refractivity contribution < 1.29 is 23.0 Å². The van der Waals surface area contributed by atoms with Gasteiger partial charge in [0.1, 0.15) is 36.0 Å². The average Bonchev–Trinajstić information content (AvgIpc) is 3.18. The van der Waals surface area contributed by atoms with Gasteiger partial charge in [-0.15, -0.1) is 5.10 Å². The summed E-state index contributed by atoms with van der Waals surface area (Å²) in [6, 6.07) is 7.93. The third-order valence-electron chi connectivity index (χ3n) is 4.74. The Hall–Kier alpha value is -4.35. The maximum absolute atomic E-state index is 13.4. The van der Waals surface area contributed by atoms with Crippen molar-refractivity contribution in [3.63, 3.8) is 0 Å². The molecule has 0 aliphatic carbocycles. The predicted octanol–water partition coefficient (Wildman–Crippen LogP) is 1.97. The van der Waals surface area contributed by atoms with Crippen LogP contribution in [0.25, 0.3) is 11.2 Å². The maximum Gasteiger partial charge on any atom is 0.283 e. The zero-order chi connectivity index (χ0) is 23.5. The molecular formula is C21H18F2N6O4. The lowest BCUT2D eigenvalue weighted by atomic mass is 10.2. The Morgan fingerprint density at radius 2 is 1.85 bits per heavy atom. The molecule has 4 rings (SSSR count). The van der Waals surface area contributed by atoms with Gasteiger partial charge in [0.15, 0.2) is 11.2 Å². The van der Waals surface area contributed by atoms with Gasteiger partial charge >= 0.3 is 0 Å². The number of anilines is 1. The van der Waals surface area contributed by atoms with E-state index < -0.39 is 23.1 Å². The van der Waals surface area contributed by atoms with Crippen molar-refractivity contribution in [3.8, 4) is 11.5 Å². The number of carbonyl (C=O) groups is 1. The molecule has 12 heteroatoms. The summed E-state index contributed by atoms with van der Waals surface area (Å²) < 4.78 is 39.6. The number of amides is 1. The molecule has 0 saturated heterocycles. The highest BCUT2D eigenvalue weighted by Crippen LogP contribution is 2.28. The van der Waals surface area contributed by atoms with E-state index in [-0.39, 0.29) is 29.8 Å². The van der Waals surface area contributed by atoms with Crippen LogP contribution in [0.2, 0.25) is 0 Å². The van der Waals surface area contributed by atoms with E-state index in [1.165, 1.54) is 25.2 Å². The van der Waals surface area contributed by atoms with Crippen molar-refractivity contribution in [1.29, 1.82) is 0 Å². The number of hydrogen-bond donors (Lipinski definition) is 1. The number of aromatic nitrogens is 5. The second-order valence-corrected chi connectivity index (χ2v) is 6.99. The van der Waals surface area contributed by atoms with Gasteiger partial charge in [-0.05, 0) is 29.8 Å². The van der Waals surface area contributed by atoms with Crippen LogP contribution in [0.5, 0.6) is 11.5 Å². The number of nitrogens with zero attached hydrogens (tertiary/aromatic N) is 5. The van der Waals surface area contributed by atoms with Gasteiger partial charge in [-0.25, -0.2) is 18.4 Å². The second kappa shape index (κ2) is 9.02. The minimum Gasteiger partial charge on any atom is -0.497 e. The fourth-order valence-corrected chi connectivity index (χ4v) is 3.23. The number of benzene rings is 2. The minimum atomic E-state index is -0.732. The first kappa shape index (κ1) is 21.9. The molecule has 0 unspecified atom stereocenters. The summed E-state index contributed by atoms with van der Waals surface area (Å²) in [5, 5.41) is 10.3. The first-order chi connectivity index (χ1) is 15.9. The number of hydrogen-bond acceptors (Lipinski definition) is 7. The number of methoxy groups -OCH3 is 2. The number of halogens is 2. The van der Waals surface area contributed by atoms with Crippen molar-refractivity contribution in [2.75, 3.05) is 19.5 Å². The molecule has 2 aromatic carbocycles. The molecule has 2 heterocycles. The first-order valence-corrected chi connectivity index (χ1v) is 9.63. The summed E-state index contributed by atoms with van der Waals surface area (Å²) in [5.74, 6) is -1.02. The second-order valence-electron chi connectivity index (χ2n) is 6.99. The van der Waals surface area contributed by atoms with Gasteiger partial charge in [0.05, 0.1) is 26.5 Å². The molecule has 0 aliphatic heterocycles. The number of rotatable bonds is 7. The van der Waals surface area contributed by atoms with Gasteiger partial charge in [-0.1, -0.05) is 5.21 Å². The predicted molar refractivity (Wildman–Crippen MR) is 113 cm³/mol. The third-order valence-corrected chi connectivity index (χ3v) is 4.74. The zero-order valence-corrected chi connectivity index (χ0v) is 17.6. The van der Waals surface area contributed by atoms with E-state index in [0.717, 1.165) is 22.8 Å². The Bertz CT molecular complexity index is 1380. The van der Waals surface area contributed by atoms with E-state index in [4.69, 9.17) is 9.47 Å². The summed E-state index contributed by atoms with van der Waals surface area (Å²) in [6.07, 6.45) is 1.18. The van der Waals surface area contributed by atoms with Crippen LogP contribution in [0.1, 0.15) is 5.56 Å². The van der Waals surface area contributed by atoms with Crippen molar-refractivity contribution in [2.24, 2.45) is 0 Å². The fourth-order valence-electron chi connectivity index (χ4n) is 3.23. The molecule has 0 saturated carbocycles. The number of carbonyl (C=O) groups excluding carboxylic acids is 1. The molecule has 33 heavy (non-hydrogen) atoms. The van der Waals surface area contributed by atoms with Gasteiger partial charge in [-0.2, -0.15) is 0 Å². The fraction of sp³-hybridized carbons (Fsp3) is 0.190. The third kappa shape index (κ3) is 4.63. The van der Waals surface area contributed by atoms with Crippen LogP contribution in [0, 0.1) is 11.6 Å². The van der Waals surface area contributed by atoms with Gasteiger partial charge in [0.2, 0.25) is 5.91 Å². The van der Waals surface area contributed by atoms with E-state index >= 15 is 0 Å². The van der Waals surface area contributed by atoms with Crippen LogP contribution in [0.15, 0.2) is 47.5 Å². The largest absolute Gasteiger partial charge is 0.497 e. The smallest absolute Gasteiger partial charge is 0.283 e. The number of fused-ring (bicyclic) bond motifs is 1. The molecule has 0 aliphatic rings. The molecule has 0 bridgehead atoms. The van der Waals surface area contributed by atoms with E-state index in [0.29, 0.717) is 17.2 Å². The first-order valence-electron chi connectivity index (χ1n) is 9.63. The van der Waals surface area contributed by atoms with E-state index in [9.17, 15) is 18.4 Å².